The maximum atomic E-state index is 11.3. The lowest BCUT2D eigenvalue weighted by Crippen LogP contribution is -2.15. The monoisotopic (exact) mass is 219 g/mol. The Labute approximate surface area is 97.9 Å². The average molecular weight is 219 g/mol. The predicted molar refractivity (Wildman–Crippen MR) is 67.6 cm³/mol. The van der Waals surface area contributed by atoms with E-state index in [1.54, 1.807) is 0 Å². The molecule has 0 unspecified atom stereocenters. The summed E-state index contributed by atoms with van der Waals surface area (Å²) in [5.41, 5.74) is 8.38. The first-order valence-corrected chi connectivity index (χ1v) is 5.84. The highest BCUT2D eigenvalue weighted by atomic mass is 16.1. The fourth-order valence-corrected chi connectivity index (χ4v) is 1.82. The van der Waals surface area contributed by atoms with Crippen LogP contribution < -0.4 is 5.73 Å². The summed E-state index contributed by atoms with van der Waals surface area (Å²) >= 11 is 0. The molecule has 0 saturated carbocycles. The van der Waals surface area contributed by atoms with Gasteiger partial charge >= 0.3 is 0 Å². The molecule has 0 heterocycles. The van der Waals surface area contributed by atoms with Crippen molar-refractivity contribution in [3.8, 4) is 0 Å². The lowest BCUT2D eigenvalue weighted by molar-refractivity contribution is 0.0999. The Morgan fingerprint density at radius 1 is 1.25 bits per heavy atom. The third-order valence-electron chi connectivity index (χ3n) is 2.69. The summed E-state index contributed by atoms with van der Waals surface area (Å²) in [5, 5.41) is 0. The minimum Gasteiger partial charge on any atom is -0.366 e. The molecule has 88 valence electrons. The van der Waals surface area contributed by atoms with Crippen LogP contribution in [-0.4, -0.2) is 5.91 Å². The second-order valence-corrected chi connectivity index (χ2v) is 5.03. The Morgan fingerprint density at radius 2 is 1.88 bits per heavy atom. The highest BCUT2D eigenvalue weighted by Crippen LogP contribution is 2.21. The van der Waals surface area contributed by atoms with Crippen molar-refractivity contribution in [1.29, 1.82) is 0 Å². The second-order valence-electron chi connectivity index (χ2n) is 5.03. The first-order valence-electron chi connectivity index (χ1n) is 5.84. The Bertz CT molecular complexity index is 380. The van der Waals surface area contributed by atoms with Crippen LogP contribution in [0.5, 0.6) is 0 Å². The van der Waals surface area contributed by atoms with E-state index in [-0.39, 0.29) is 5.91 Å². The topological polar surface area (TPSA) is 43.1 Å². The van der Waals surface area contributed by atoms with Gasteiger partial charge in [-0.25, -0.2) is 0 Å². The van der Waals surface area contributed by atoms with E-state index < -0.39 is 0 Å². The summed E-state index contributed by atoms with van der Waals surface area (Å²) in [7, 11) is 0. The summed E-state index contributed by atoms with van der Waals surface area (Å²) in [6.45, 7) is 8.59. The highest BCUT2D eigenvalue weighted by molar-refractivity contribution is 5.94. The van der Waals surface area contributed by atoms with Gasteiger partial charge in [0.25, 0.3) is 0 Å². The zero-order valence-corrected chi connectivity index (χ0v) is 10.6. The van der Waals surface area contributed by atoms with Gasteiger partial charge in [-0.05, 0) is 35.4 Å². The quantitative estimate of drug-likeness (QED) is 0.830. The lowest BCUT2D eigenvalue weighted by Gasteiger charge is -2.13. The molecular formula is C14H21NO. The number of hydrogen-bond acceptors (Lipinski definition) is 1. The number of primary amides is 1. The van der Waals surface area contributed by atoms with Crippen LogP contribution in [0.1, 0.15) is 55.1 Å². The predicted octanol–water partition coefficient (Wildman–Crippen LogP) is 3.11. The number of carbonyl (C=O) groups is 1. The minimum atomic E-state index is -0.328. The molecule has 0 fully saturated rings. The summed E-state index contributed by atoms with van der Waals surface area (Å²) in [5.74, 6) is 0.680. The summed E-state index contributed by atoms with van der Waals surface area (Å²) < 4.78 is 0. The minimum absolute atomic E-state index is 0.328. The van der Waals surface area contributed by atoms with Gasteiger partial charge in [0.05, 0.1) is 0 Å². The zero-order valence-electron chi connectivity index (χ0n) is 10.6. The van der Waals surface area contributed by atoms with Gasteiger partial charge in [0.15, 0.2) is 0 Å². The van der Waals surface area contributed by atoms with Crippen molar-refractivity contribution in [3.05, 3.63) is 34.9 Å². The van der Waals surface area contributed by atoms with Crippen molar-refractivity contribution < 1.29 is 4.79 Å². The van der Waals surface area contributed by atoms with Crippen LogP contribution in [0.2, 0.25) is 0 Å². The molecule has 2 N–H and O–H groups in total. The molecule has 0 aliphatic carbocycles. The van der Waals surface area contributed by atoms with Gasteiger partial charge in [0, 0.05) is 5.56 Å². The van der Waals surface area contributed by atoms with E-state index in [2.05, 4.69) is 33.8 Å². The van der Waals surface area contributed by atoms with E-state index in [0.29, 0.717) is 17.4 Å². The Morgan fingerprint density at radius 3 is 2.31 bits per heavy atom. The number of amides is 1. The summed E-state index contributed by atoms with van der Waals surface area (Å²) in [4.78, 5) is 11.3. The van der Waals surface area contributed by atoms with Crippen LogP contribution in [0, 0.1) is 5.92 Å². The van der Waals surface area contributed by atoms with Gasteiger partial charge in [0.1, 0.15) is 0 Å². The molecule has 0 spiro atoms. The number of hydrogen-bond donors (Lipinski definition) is 1. The molecule has 0 atom stereocenters. The first-order chi connectivity index (χ1) is 7.41. The van der Waals surface area contributed by atoms with Gasteiger partial charge in [-0.15, -0.1) is 0 Å². The molecule has 0 aromatic heterocycles. The van der Waals surface area contributed by atoms with Crippen molar-refractivity contribution >= 4 is 5.91 Å². The third kappa shape index (κ3) is 3.09. The molecule has 0 bridgehead atoms. The standard InChI is InChI=1S/C14H21NO/c1-9(2)7-12-8-11(10(3)4)5-6-13(12)14(15)16/h5-6,8-10H,7H2,1-4H3,(H2,15,16). The third-order valence-corrected chi connectivity index (χ3v) is 2.69. The van der Waals surface area contributed by atoms with Crippen molar-refractivity contribution in [1.82, 2.24) is 0 Å². The van der Waals surface area contributed by atoms with Crippen molar-refractivity contribution in [3.63, 3.8) is 0 Å². The molecule has 0 radical (unpaired) electrons. The summed E-state index contributed by atoms with van der Waals surface area (Å²) in [6.07, 6.45) is 0.902. The largest absolute Gasteiger partial charge is 0.366 e. The first kappa shape index (κ1) is 12.8. The van der Waals surface area contributed by atoms with E-state index in [1.807, 2.05) is 12.1 Å². The number of carbonyl (C=O) groups excluding carboxylic acids is 1. The summed E-state index contributed by atoms with van der Waals surface area (Å²) in [6, 6.07) is 5.97. The fraction of sp³-hybridized carbons (Fsp3) is 0.500. The normalized spacial score (nSPS) is 11.1. The molecular weight excluding hydrogens is 198 g/mol. The molecule has 0 aliphatic rings. The molecule has 1 amide bonds. The van der Waals surface area contributed by atoms with Crippen molar-refractivity contribution in [2.75, 3.05) is 0 Å². The number of rotatable bonds is 4. The van der Waals surface area contributed by atoms with Gasteiger partial charge in [0.2, 0.25) is 5.91 Å². The zero-order chi connectivity index (χ0) is 12.3. The van der Waals surface area contributed by atoms with Gasteiger partial charge in [-0.2, -0.15) is 0 Å². The number of nitrogens with two attached hydrogens (primary N) is 1. The van der Waals surface area contributed by atoms with E-state index >= 15 is 0 Å². The van der Waals surface area contributed by atoms with E-state index in [0.717, 1.165) is 12.0 Å². The van der Waals surface area contributed by atoms with Gasteiger partial charge in [-0.1, -0.05) is 39.8 Å². The Hall–Kier alpha value is -1.31. The molecule has 1 rings (SSSR count). The number of benzene rings is 1. The molecule has 16 heavy (non-hydrogen) atoms. The fourth-order valence-electron chi connectivity index (χ4n) is 1.82. The van der Waals surface area contributed by atoms with E-state index in [4.69, 9.17) is 5.73 Å². The van der Waals surface area contributed by atoms with Gasteiger partial charge < -0.3 is 5.73 Å². The van der Waals surface area contributed by atoms with Crippen LogP contribution in [0.15, 0.2) is 18.2 Å². The average Bonchev–Trinajstić information content (AvgIpc) is 2.15. The molecule has 1 aromatic rings. The maximum Gasteiger partial charge on any atom is 0.248 e. The lowest BCUT2D eigenvalue weighted by atomic mass is 9.92. The van der Waals surface area contributed by atoms with Crippen LogP contribution in [-0.2, 0) is 6.42 Å². The Balaban J connectivity index is 3.15. The molecule has 1 aromatic carbocycles. The van der Waals surface area contributed by atoms with Crippen LogP contribution in [0.3, 0.4) is 0 Å². The maximum absolute atomic E-state index is 11.3. The molecule has 0 saturated heterocycles. The van der Waals surface area contributed by atoms with Crippen LogP contribution in [0.25, 0.3) is 0 Å². The van der Waals surface area contributed by atoms with E-state index in [1.165, 1.54) is 5.56 Å². The van der Waals surface area contributed by atoms with Crippen LogP contribution in [0.4, 0.5) is 0 Å². The van der Waals surface area contributed by atoms with Crippen LogP contribution >= 0.6 is 0 Å². The molecule has 2 heteroatoms. The smallest absolute Gasteiger partial charge is 0.248 e. The second kappa shape index (κ2) is 5.15. The van der Waals surface area contributed by atoms with E-state index in [9.17, 15) is 4.79 Å². The Kier molecular flexibility index (Phi) is 4.11. The van der Waals surface area contributed by atoms with Crippen molar-refractivity contribution in [2.24, 2.45) is 11.7 Å². The van der Waals surface area contributed by atoms with Crippen molar-refractivity contribution in [2.45, 2.75) is 40.0 Å². The van der Waals surface area contributed by atoms with Gasteiger partial charge in [-0.3, -0.25) is 4.79 Å². The SMILES string of the molecule is CC(C)Cc1cc(C(C)C)ccc1C(N)=O. The molecule has 2 nitrogen and oxygen atoms in total. The molecule has 0 aliphatic heterocycles. The highest BCUT2D eigenvalue weighted by Gasteiger charge is 2.11.